The molecule has 0 radical (unpaired) electrons. The van der Waals surface area contributed by atoms with Gasteiger partial charge in [0, 0.05) is 44.1 Å². The van der Waals surface area contributed by atoms with E-state index in [0.29, 0.717) is 6.54 Å². The number of benzene rings is 1. The molecule has 2 heterocycles. The maximum Gasteiger partial charge on any atom is 0.231 e. The van der Waals surface area contributed by atoms with Gasteiger partial charge in [-0.05, 0) is 25.1 Å². The highest BCUT2D eigenvalue weighted by Gasteiger charge is 2.12. The predicted molar refractivity (Wildman–Crippen MR) is 96.7 cm³/mol. The highest BCUT2D eigenvalue weighted by molar-refractivity contribution is 5.93. The van der Waals surface area contributed by atoms with Gasteiger partial charge in [0.25, 0.3) is 0 Å². The Morgan fingerprint density at radius 3 is 2.72 bits per heavy atom. The summed E-state index contributed by atoms with van der Waals surface area (Å²) in [5.74, 6) is -0.114. The van der Waals surface area contributed by atoms with E-state index in [-0.39, 0.29) is 24.7 Å². The van der Waals surface area contributed by atoms with Crippen LogP contribution in [0.1, 0.15) is 24.1 Å². The summed E-state index contributed by atoms with van der Waals surface area (Å²) in [6.07, 6.45) is 3.13. The number of hydrogen-bond donors (Lipinski definition) is 1. The van der Waals surface area contributed by atoms with Crippen molar-refractivity contribution in [3.8, 4) is 0 Å². The van der Waals surface area contributed by atoms with Gasteiger partial charge in [-0.3, -0.25) is 19.1 Å². The first-order valence-corrected chi connectivity index (χ1v) is 8.90. The average molecular weight is 343 g/mol. The minimum absolute atomic E-state index is 0.0512. The van der Waals surface area contributed by atoms with E-state index in [1.165, 1.54) is 0 Å². The largest absolute Gasteiger partial charge is 0.379 e. The molecule has 0 saturated carbocycles. The van der Waals surface area contributed by atoms with Gasteiger partial charge in [-0.2, -0.15) is 0 Å². The van der Waals surface area contributed by atoms with Gasteiger partial charge < -0.3 is 10.1 Å². The zero-order valence-electron chi connectivity index (χ0n) is 14.4. The van der Waals surface area contributed by atoms with Crippen molar-refractivity contribution < 1.29 is 14.3 Å². The molecule has 1 N–H and O–H groups in total. The molecule has 1 saturated heterocycles. The summed E-state index contributed by atoms with van der Waals surface area (Å²) in [6.45, 7) is 5.14. The summed E-state index contributed by atoms with van der Waals surface area (Å²) in [7, 11) is 0. The molecule has 1 aromatic heterocycles. The molecule has 0 spiro atoms. The molecule has 3 rings (SSSR count). The molecule has 2 aromatic rings. The Bertz CT molecular complexity index is 720. The van der Waals surface area contributed by atoms with Gasteiger partial charge in [0.05, 0.1) is 18.7 Å². The van der Waals surface area contributed by atoms with E-state index in [1.54, 1.807) is 10.8 Å². The van der Waals surface area contributed by atoms with E-state index in [2.05, 4.69) is 10.2 Å². The summed E-state index contributed by atoms with van der Waals surface area (Å²) in [6, 6.07) is 9.66. The van der Waals surface area contributed by atoms with Gasteiger partial charge in [-0.1, -0.05) is 18.2 Å². The monoisotopic (exact) mass is 343 g/mol. The van der Waals surface area contributed by atoms with Crippen LogP contribution in [-0.4, -0.2) is 60.7 Å². The number of fused-ring (bicyclic) bond motifs is 1. The van der Waals surface area contributed by atoms with E-state index in [0.717, 1.165) is 50.2 Å². The number of nitrogens with zero attached hydrogens (tertiary/aromatic N) is 2. The fourth-order valence-corrected chi connectivity index (χ4v) is 3.09. The lowest BCUT2D eigenvalue weighted by Gasteiger charge is -2.26. The first kappa shape index (κ1) is 17.6. The van der Waals surface area contributed by atoms with Gasteiger partial charge in [0.2, 0.25) is 11.8 Å². The number of morpholine rings is 1. The van der Waals surface area contributed by atoms with Crippen LogP contribution in [0.4, 0.5) is 0 Å². The number of carbonyl (C=O) groups excluding carboxylic acids is 2. The summed E-state index contributed by atoms with van der Waals surface area (Å²) in [4.78, 5) is 26.6. The fraction of sp³-hybridized carbons (Fsp3) is 0.474. The number of rotatable bonds is 7. The zero-order valence-corrected chi connectivity index (χ0v) is 14.4. The van der Waals surface area contributed by atoms with E-state index in [9.17, 15) is 9.59 Å². The molecule has 0 aliphatic carbocycles. The molecule has 6 heteroatoms. The van der Waals surface area contributed by atoms with Crippen molar-refractivity contribution in [3.63, 3.8) is 0 Å². The second-order valence-electron chi connectivity index (χ2n) is 6.30. The Balaban J connectivity index is 1.36. The maximum absolute atomic E-state index is 12.3. The van der Waals surface area contributed by atoms with E-state index in [4.69, 9.17) is 4.74 Å². The molecule has 6 nitrogen and oxygen atoms in total. The van der Waals surface area contributed by atoms with Crippen LogP contribution in [-0.2, 0) is 9.53 Å². The van der Waals surface area contributed by atoms with Gasteiger partial charge in [-0.15, -0.1) is 0 Å². The molecule has 1 aromatic carbocycles. The van der Waals surface area contributed by atoms with E-state index in [1.807, 2.05) is 30.3 Å². The Morgan fingerprint density at radius 2 is 1.88 bits per heavy atom. The molecule has 134 valence electrons. The normalized spacial score (nSPS) is 15.4. The molecule has 0 atom stereocenters. The Hall–Kier alpha value is -2.18. The fourth-order valence-electron chi connectivity index (χ4n) is 3.09. The molecule has 1 fully saturated rings. The topological polar surface area (TPSA) is 63.6 Å². The van der Waals surface area contributed by atoms with Crippen LogP contribution < -0.4 is 5.32 Å². The molecular weight excluding hydrogens is 318 g/mol. The van der Waals surface area contributed by atoms with Crippen molar-refractivity contribution in [3.05, 3.63) is 36.5 Å². The van der Waals surface area contributed by atoms with Gasteiger partial charge in [0.15, 0.2) is 0 Å². The van der Waals surface area contributed by atoms with Crippen LogP contribution in [0, 0.1) is 0 Å². The molecule has 25 heavy (non-hydrogen) atoms. The lowest BCUT2D eigenvalue weighted by atomic mass is 10.2. The predicted octanol–water partition coefficient (Wildman–Crippen LogP) is 1.90. The number of para-hydroxylation sites is 1. The number of aromatic nitrogens is 1. The van der Waals surface area contributed by atoms with Crippen LogP contribution in [0.15, 0.2) is 36.5 Å². The van der Waals surface area contributed by atoms with E-state index >= 15 is 0 Å². The standard InChI is InChI=1S/C19H25N3O3/c23-18(20-9-3-10-21-12-14-25-15-13-21)6-7-19(24)22-11-8-16-4-1-2-5-17(16)22/h1-2,4-5,8,11H,3,6-7,9-10,12-15H2,(H,20,23). The van der Waals surface area contributed by atoms with Crippen LogP contribution in [0.25, 0.3) is 10.9 Å². The van der Waals surface area contributed by atoms with Gasteiger partial charge >= 0.3 is 0 Å². The van der Waals surface area contributed by atoms with Crippen molar-refractivity contribution in [2.24, 2.45) is 0 Å². The first-order chi connectivity index (χ1) is 12.2. The second-order valence-corrected chi connectivity index (χ2v) is 6.30. The third-order valence-electron chi connectivity index (χ3n) is 4.51. The van der Waals surface area contributed by atoms with Gasteiger partial charge in [0.1, 0.15) is 0 Å². The van der Waals surface area contributed by atoms with Crippen LogP contribution in [0.3, 0.4) is 0 Å². The van der Waals surface area contributed by atoms with Crippen molar-refractivity contribution in [2.45, 2.75) is 19.3 Å². The molecule has 1 aliphatic heterocycles. The van der Waals surface area contributed by atoms with Crippen molar-refractivity contribution >= 4 is 22.7 Å². The lowest BCUT2D eigenvalue weighted by Crippen LogP contribution is -2.38. The third-order valence-corrected chi connectivity index (χ3v) is 4.51. The van der Waals surface area contributed by atoms with Crippen LogP contribution in [0.5, 0.6) is 0 Å². The minimum atomic E-state index is -0.0632. The number of nitrogens with one attached hydrogen (secondary N) is 1. The third kappa shape index (κ3) is 4.90. The van der Waals surface area contributed by atoms with Crippen molar-refractivity contribution in [1.29, 1.82) is 0 Å². The Labute approximate surface area is 147 Å². The van der Waals surface area contributed by atoms with Crippen LogP contribution in [0.2, 0.25) is 0 Å². The van der Waals surface area contributed by atoms with E-state index < -0.39 is 0 Å². The minimum Gasteiger partial charge on any atom is -0.379 e. The molecule has 1 amide bonds. The van der Waals surface area contributed by atoms with Crippen molar-refractivity contribution in [1.82, 2.24) is 14.8 Å². The maximum atomic E-state index is 12.3. The smallest absolute Gasteiger partial charge is 0.231 e. The first-order valence-electron chi connectivity index (χ1n) is 8.90. The zero-order chi connectivity index (χ0) is 17.5. The summed E-state index contributed by atoms with van der Waals surface area (Å²) < 4.78 is 6.94. The number of ether oxygens (including phenoxy) is 1. The SMILES string of the molecule is O=C(CCC(=O)n1ccc2ccccc21)NCCCN1CCOCC1. The Morgan fingerprint density at radius 1 is 1.08 bits per heavy atom. The molecule has 0 bridgehead atoms. The lowest BCUT2D eigenvalue weighted by molar-refractivity contribution is -0.121. The van der Waals surface area contributed by atoms with Crippen molar-refractivity contribution in [2.75, 3.05) is 39.4 Å². The summed E-state index contributed by atoms with van der Waals surface area (Å²) in [5, 5.41) is 3.93. The number of carbonyl (C=O) groups is 2. The van der Waals surface area contributed by atoms with Gasteiger partial charge in [-0.25, -0.2) is 0 Å². The highest BCUT2D eigenvalue weighted by atomic mass is 16.5. The Kier molecular flexibility index (Phi) is 6.19. The second kappa shape index (κ2) is 8.78. The molecule has 0 unspecified atom stereocenters. The number of hydrogen-bond acceptors (Lipinski definition) is 4. The quantitative estimate of drug-likeness (QED) is 0.780. The highest BCUT2D eigenvalue weighted by Crippen LogP contribution is 2.15. The van der Waals surface area contributed by atoms with Crippen LogP contribution >= 0.6 is 0 Å². The summed E-state index contributed by atoms with van der Waals surface area (Å²) >= 11 is 0. The molecule has 1 aliphatic rings. The average Bonchev–Trinajstić information content (AvgIpc) is 3.08. The summed E-state index contributed by atoms with van der Waals surface area (Å²) in [5.41, 5.74) is 0.887. The molecular formula is C19H25N3O3. The number of amides is 1.